The highest BCUT2D eigenvalue weighted by Crippen LogP contribution is 2.47. The summed E-state index contributed by atoms with van der Waals surface area (Å²) in [6, 6.07) is 12.1. The number of aryl methyl sites for hydroxylation is 1. The first kappa shape index (κ1) is 16.0. The summed E-state index contributed by atoms with van der Waals surface area (Å²) in [5.74, 6) is 0.911. The van der Waals surface area contributed by atoms with Gasteiger partial charge in [0, 0.05) is 36.6 Å². The smallest absolute Gasteiger partial charge is 0.279 e. The minimum Gasteiger partial charge on any atom is -0.357 e. The van der Waals surface area contributed by atoms with E-state index in [1.54, 1.807) is 17.1 Å². The number of aromatic amines is 1. The van der Waals surface area contributed by atoms with Gasteiger partial charge in [0.1, 0.15) is 17.7 Å². The molecule has 0 radical (unpaired) electrons. The molecule has 0 spiro atoms. The fraction of sp³-hybridized carbons (Fsp3) is 0.250. The van der Waals surface area contributed by atoms with Gasteiger partial charge in [0.05, 0.1) is 5.41 Å². The molecule has 136 valence electrons. The molecule has 0 bridgehead atoms. The molecule has 1 aliphatic carbocycles. The van der Waals surface area contributed by atoms with Gasteiger partial charge in [0.25, 0.3) is 5.56 Å². The first-order chi connectivity index (χ1) is 13.1. The van der Waals surface area contributed by atoms with Crippen LogP contribution in [0.1, 0.15) is 24.2 Å². The van der Waals surface area contributed by atoms with E-state index in [9.17, 15) is 4.79 Å². The molecule has 3 aromatic heterocycles. The Hall–Kier alpha value is -3.19. The lowest BCUT2D eigenvalue weighted by molar-refractivity contribution is 0.234. The van der Waals surface area contributed by atoms with E-state index in [0.29, 0.717) is 5.52 Å². The zero-order chi connectivity index (χ0) is 18.6. The third kappa shape index (κ3) is 2.28. The topological polar surface area (TPSA) is 94.5 Å². The van der Waals surface area contributed by atoms with Crippen LogP contribution in [0.15, 0.2) is 59.9 Å². The van der Waals surface area contributed by atoms with Crippen LogP contribution in [0.25, 0.3) is 16.6 Å². The van der Waals surface area contributed by atoms with Crippen LogP contribution in [-0.2, 0) is 12.5 Å². The highest BCUT2D eigenvalue weighted by atomic mass is 16.1. The summed E-state index contributed by atoms with van der Waals surface area (Å²) in [5.41, 5.74) is 8.37. The Morgan fingerprint density at radius 2 is 2.11 bits per heavy atom. The van der Waals surface area contributed by atoms with E-state index >= 15 is 0 Å². The van der Waals surface area contributed by atoms with Crippen LogP contribution in [-0.4, -0.2) is 30.4 Å². The molecule has 0 unspecified atom stereocenters. The molecule has 0 amide bonds. The largest absolute Gasteiger partial charge is 0.357 e. The Kier molecular flexibility index (Phi) is 3.35. The number of nitrogens with zero attached hydrogens (tertiary/aromatic N) is 4. The zero-order valence-corrected chi connectivity index (χ0v) is 15.0. The molecule has 1 saturated carbocycles. The van der Waals surface area contributed by atoms with Crippen LogP contribution < -0.4 is 11.3 Å². The number of nitrogens with two attached hydrogens (primary N) is 1. The predicted octanol–water partition coefficient (Wildman–Crippen LogP) is 1.85. The molecule has 1 aromatic carbocycles. The standard InChI is InChI=1S/C20H20N6O/c1-25-12-23-24-19(25)20(10-15(21)11-20)14-3-2-4-16(9-14)26-8-6-13-5-7-22-17(13)18(26)27/h2-9,12,15,22H,10-11,21H2,1H3/t15-,20-. The fourth-order valence-corrected chi connectivity index (χ4v) is 4.30. The van der Waals surface area contributed by atoms with Crippen molar-refractivity contribution in [1.82, 2.24) is 24.3 Å². The first-order valence-electron chi connectivity index (χ1n) is 8.98. The van der Waals surface area contributed by atoms with Gasteiger partial charge in [0.15, 0.2) is 0 Å². The maximum atomic E-state index is 12.9. The summed E-state index contributed by atoms with van der Waals surface area (Å²) in [5, 5.41) is 9.32. The van der Waals surface area contributed by atoms with Crippen molar-refractivity contribution < 1.29 is 0 Å². The number of benzene rings is 1. The van der Waals surface area contributed by atoms with Gasteiger partial charge in [-0.25, -0.2) is 0 Å². The van der Waals surface area contributed by atoms with E-state index in [1.165, 1.54) is 0 Å². The molecule has 7 nitrogen and oxygen atoms in total. The van der Waals surface area contributed by atoms with E-state index in [-0.39, 0.29) is 17.0 Å². The summed E-state index contributed by atoms with van der Waals surface area (Å²) < 4.78 is 3.63. The summed E-state index contributed by atoms with van der Waals surface area (Å²) in [4.78, 5) is 15.9. The third-order valence-corrected chi connectivity index (χ3v) is 5.65. The molecular formula is C20H20N6O. The van der Waals surface area contributed by atoms with E-state index in [2.05, 4.69) is 27.3 Å². The summed E-state index contributed by atoms with van der Waals surface area (Å²) in [7, 11) is 1.95. The highest BCUT2D eigenvalue weighted by Gasteiger charge is 2.48. The Morgan fingerprint density at radius 1 is 1.26 bits per heavy atom. The van der Waals surface area contributed by atoms with E-state index in [0.717, 1.165) is 35.3 Å². The van der Waals surface area contributed by atoms with Gasteiger partial charge in [-0.05, 0) is 42.7 Å². The lowest BCUT2D eigenvalue weighted by Crippen LogP contribution is -2.51. The summed E-state index contributed by atoms with van der Waals surface area (Å²) in [6.07, 6.45) is 6.94. The second kappa shape index (κ2) is 5.65. The van der Waals surface area contributed by atoms with Gasteiger partial charge < -0.3 is 15.3 Å². The molecular weight excluding hydrogens is 340 g/mol. The summed E-state index contributed by atoms with van der Waals surface area (Å²) >= 11 is 0. The van der Waals surface area contributed by atoms with E-state index in [4.69, 9.17) is 5.73 Å². The van der Waals surface area contributed by atoms with Gasteiger partial charge in [-0.3, -0.25) is 9.36 Å². The van der Waals surface area contributed by atoms with Gasteiger partial charge >= 0.3 is 0 Å². The average molecular weight is 360 g/mol. The van der Waals surface area contributed by atoms with Crippen molar-refractivity contribution in [2.75, 3.05) is 0 Å². The molecule has 3 N–H and O–H groups in total. The molecule has 27 heavy (non-hydrogen) atoms. The molecule has 0 aliphatic heterocycles. The minimum atomic E-state index is -0.263. The monoisotopic (exact) mass is 360 g/mol. The van der Waals surface area contributed by atoms with Crippen molar-refractivity contribution in [3.63, 3.8) is 0 Å². The number of H-pyrrole nitrogens is 1. The molecule has 0 atom stereocenters. The quantitative estimate of drug-likeness (QED) is 0.583. The van der Waals surface area contributed by atoms with Crippen molar-refractivity contribution in [1.29, 1.82) is 0 Å². The number of pyridine rings is 1. The fourth-order valence-electron chi connectivity index (χ4n) is 4.30. The number of nitrogens with one attached hydrogen (secondary N) is 1. The Labute approximate surface area is 155 Å². The lowest BCUT2D eigenvalue weighted by atomic mass is 9.61. The van der Waals surface area contributed by atoms with Crippen LogP contribution in [0.4, 0.5) is 0 Å². The second-order valence-corrected chi connectivity index (χ2v) is 7.37. The van der Waals surface area contributed by atoms with Gasteiger partial charge in [-0.15, -0.1) is 10.2 Å². The van der Waals surface area contributed by atoms with Gasteiger partial charge in [0.2, 0.25) is 0 Å². The number of aromatic nitrogens is 5. The summed E-state index contributed by atoms with van der Waals surface area (Å²) in [6.45, 7) is 0. The van der Waals surface area contributed by atoms with Crippen LogP contribution in [0, 0.1) is 0 Å². The maximum Gasteiger partial charge on any atom is 0.279 e. The number of hydrogen-bond acceptors (Lipinski definition) is 4. The number of rotatable bonds is 3. The molecule has 1 fully saturated rings. The predicted molar refractivity (Wildman–Crippen MR) is 103 cm³/mol. The van der Waals surface area contributed by atoms with E-state index < -0.39 is 0 Å². The van der Waals surface area contributed by atoms with Crippen molar-refractivity contribution in [2.45, 2.75) is 24.3 Å². The van der Waals surface area contributed by atoms with Crippen LogP contribution in [0.2, 0.25) is 0 Å². The lowest BCUT2D eigenvalue weighted by Gasteiger charge is -2.45. The van der Waals surface area contributed by atoms with Crippen LogP contribution >= 0.6 is 0 Å². The van der Waals surface area contributed by atoms with Crippen molar-refractivity contribution in [2.24, 2.45) is 12.8 Å². The van der Waals surface area contributed by atoms with Gasteiger partial charge in [-0.1, -0.05) is 12.1 Å². The third-order valence-electron chi connectivity index (χ3n) is 5.65. The zero-order valence-electron chi connectivity index (χ0n) is 15.0. The average Bonchev–Trinajstić information content (AvgIpc) is 3.29. The van der Waals surface area contributed by atoms with Gasteiger partial charge in [-0.2, -0.15) is 0 Å². The van der Waals surface area contributed by atoms with Crippen LogP contribution in [0.5, 0.6) is 0 Å². The van der Waals surface area contributed by atoms with Crippen LogP contribution in [0.3, 0.4) is 0 Å². The molecule has 0 saturated heterocycles. The SMILES string of the molecule is Cn1cnnc1[C@]1(c2cccc(-n3ccc4cc[nH]c4c3=O)c2)C[C@@H](N)C1. The molecule has 5 rings (SSSR count). The molecule has 7 heteroatoms. The first-order valence-corrected chi connectivity index (χ1v) is 8.98. The van der Waals surface area contributed by atoms with Crippen molar-refractivity contribution in [3.8, 4) is 5.69 Å². The molecule has 4 aromatic rings. The second-order valence-electron chi connectivity index (χ2n) is 7.37. The van der Waals surface area contributed by atoms with Crippen molar-refractivity contribution >= 4 is 10.9 Å². The number of hydrogen-bond donors (Lipinski definition) is 2. The van der Waals surface area contributed by atoms with Crippen molar-refractivity contribution in [3.05, 3.63) is 76.9 Å². The number of fused-ring (bicyclic) bond motifs is 1. The minimum absolute atomic E-state index is 0.0623. The molecule has 1 aliphatic rings. The Balaban J connectivity index is 1.66. The highest BCUT2D eigenvalue weighted by molar-refractivity contribution is 5.78. The molecule has 3 heterocycles. The normalized spacial score (nSPS) is 22.1. The Bertz CT molecular complexity index is 1190. The van der Waals surface area contributed by atoms with E-state index in [1.807, 2.05) is 42.1 Å². The maximum absolute atomic E-state index is 12.9. The Morgan fingerprint density at radius 3 is 2.85 bits per heavy atom.